The Bertz CT molecular complexity index is 186. The molecule has 6 heteroatoms. The molecule has 0 radical (unpaired) electrons. The van der Waals surface area contributed by atoms with Crippen molar-refractivity contribution < 1.29 is 14.6 Å². The van der Waals surface area contributed by atoms with Gasteiger partial charge in [0.2, 0.25) is 0 Å². The van der Waals surface area contributed by atoms with Crippen LogP contribution in [0.25, 0.3) is 0 Å². The lowest BCUT2D eigenvalue weighted by molar-refractivity contribution is 0.0511. The van der Waals surface area contributed by atoms with Gasteiger partial charge in [-0.25, -0.2) is 4.79 Å². The summed E-state index contributed by atoms with van der Waals surface area (Å²) in [5.74, 6) is 0. The molecule has 15 heavy (non-hydrogen) atoms. The fourth-order valence-corrected chi connectivity index (χ4v) is 1.39. The second-order valence-corrected chi connectivity index (χ2v) is 3.48. The maximum Gasteiger partial charge on any atom is 0.409 e. The molecule has 1 amide bonds. The van der Waals surface area contributed by atoms with Crippen molar-refractivity contribution in [2.75, 3.05) is 33.3 Å². The Hall–Kier alpha value is -0.520. The van der Waals surface area contributed by atoms with Crippen LogP contribution in [-0.4, -0.2) is 55.5 Å². The Morgan fingerprint density at radius 1 is 1.53 bits per heavy atom. The minimum Gasteiger partial charge on any atom is -0.446 e. The van der Waals surface area contributed by atoms with Crippen molar-refractivity contribution in [1.82, 2.24) is 10.2 Å². The molecule has 0 aliphatic carbocycles. The SMILES string of the molecule is CN(CCO)C(=O)OC1CCNCC1.Cl. The van der Waals surface area contributed by atoms with Crippen molar-refractivity contribution in [2.24, 2.45) is 0 Å². The molecule has 0 spiro atoms. The van der Waals surface area contributed by atoms with Gasteiger partial charge in [-0.15, -0.1) is 12.4 Å². The summed E-state index contributed by atoms with van der Waals surface area (Å²) in [6, 6.07) is 0. The first-order valence-electron chi connectivity index (χ1n) is 4.97. The first-order valence-corrected chi connectivity index (χ1v) is 4.97. The summed E-state index contributed by atoms with van der Waals surface area (Å²) in [5.41, 5.74) is 0. The lowest BCUT2D eigenvalue weighted by atomic mass is 10.1. The quantitative estimate of drug-likeness (QED) is 0.739. The molecule has 90 valence electrons. The lowest BCUT2D eigenvalue weighted by Gasteiger charge is -2.25. The number of hydrogen-bond acceptors (Lipinski definition) is 4. The number of carbonyl (C=O) groups is 1. The molecule has 1 aliphatic heterocycles. The third kappa shape index (κ3) is 5.20. The van der Waals surface area contributed by atoms with Crippen LogP contribution in [0.4, 0.5) is 4.79 Å². The van der Waals surface area contributed by atoms with Gasteiger partial charge >= 0.3 is 6.09 Å². The number of hydrogen-bond donors (Lipinski definition) is 2. The summed E-state index contributed by atoms with van der Waals surface area (Å²) in [6.45, 7) is 2.10. The molecule has 0 aromatic carbocycles. The van der Waals surface area contributed by atoms with E-state index in [4.69, 9.17) is 9.84 Å². The average Bonchev–Trinajstić information content (AvgIpc) is 2.19. The van der Waals surface area contributed by atoms with E-state index in [-0.39, 0.29) is 31.2 Å². The van der Waals surface area contributed by atoms with E-state index in [0.717, 1.165) is 25.9 Å². The van der Waals surface area contributed by atoms with Crippen LogP contribution in [0.5, 0.6) is 0 Å². The molecule has 0 atom stereocenters. The first kappa shape index (κ1) is 14.5. The normalized spacial score (nSPS) is 16.7. The van der Waals surface area contributed by atoms with Crippen molar-refractivity contribution in [3.8, 4) is 0 Å². The minimum absolute atomic E-state index is 0. The van der Waals surface area contributed by atoms with Gasteiger partial charge in [0.15, 0.2) is 0 Å². The van der Waals surface area contributed by atoms with Crippen molar-refractivity contribution in [3.05, 3.63) is 0 Å². The van der Waals surface area contributed by atoms with E-state index in [1.54, 1.807) is 7.05 Å². The summed E-state index contributed by atoms with van der Waals surface area (Å²) in [6.07, 6.45) is 1.44. The van der Waals surface area contributed by atoms with Crippen LogP contribution in [0.2, 0.25) is 0 Å². The number of likely N-dealkylation sites (N-methyl/N-ethyl adjacent to an activating group) is 1. The predicted molar refractivity (Wildman–Crippen MR) is 59.3 cm³/mol. The Kier molecular flexibility index (Phi) is 7.46. The molecule has 1 heterocycles. The average molecular weight is 239 g/mol. The van der Waals surface area contributed by atoms with E-state index < -0.39 is 0 Å². The second-order valence-electron chi connectivity index (χ2n) is 3.48. The van der Waals surface area contributed by atoms with Gasteiger partial charge in [-0.3, -0.25) is 0 Å². The molecular weight excluding hydrogens is 220 g/mol. The molecule has 0 saturated carbocycles. The standard InChI is InChI=1S/C9H18N2O3.ClH/c1-11(6-7-12)9(13)14-8-2-4-10-5-3-8;/h8,10,12H,2-7H2,1H3;1H. The number of carbonyl (C=O) groups excluding carboxylic acids is 1. The number of halogens is 1. The number of amides is 1. The van der Waals surface area contributed by atoms with E-state index in [1.807, 2.05) is 0 Å². The number of aliphatic hydroxyl groups is 1. The highest BCUT2D eigenvalue weighted by Gasteiger charge is 2.19. The van der Waals surface area contributed by atoms with Crippen LogP contribution in [0, 0.1) is 0 Å². The Balaban J connectivity index is 0.00000196. The molecule has 1 fully saturated rings. The van der Waals surface area contributed by atoms with Crippen LogP contribution < -0.4 is 5.32 Å². The second kappa shape index (κ2) is 7.73. The summed E-state index contributed by atoms with van der Waals surface area (Å²) in [7, 11) is 1.62. The zero-order valence-corrected chi connectivity index (χ0v) is 9.76. The summed E-state index contributed by atoms with van der Waals surface area (Å²) >= 11 is 0. The third-order valence-electron chi connectivity index (χ3n) is 2.30. The zero-order valence-electron chi connectivity index (χ0n) is 8.94. The largest absolute Gasteiger partial charge is 0.446 e. The van der Waals surface area contributed by atoms with E-state index in [0.29, 0.717) is 6.54 Å². The minimum atomic E-state index is -0.342. The number of ether oxygens (including phenoxy) is 1. The third-order valence-corrected chi connectivity index (χ3v) is 2.30. The van der Waals surface area contributed by atoms with Crippen molar-refractivity contribution in [1.29, 1.82) is 0 Å². The topological polar surface area (TPSA) is 61.8 Å². The smallest absolute Gasteiger partial charge is 0.409 e. The van der Waals surface area contributed by atoms with Gasteiger partial charge in [-0.1, -0.05) is 0 Å². The number of aliphatic hydroxyl groups excluding tert-OH is 1. The van der Waals surface area contributed by atoms with Gasteiger partial charge in [-0.2, -0.15) is 0 Å². The number of nitrogens with one attached hydrogen (secondary N) is 1. The van der Waals surface area contributed by atoms with Crippen molar-refractivity contribution in [3.63, 3.8) is 0 Å². The van der Waals surface area contributed by atoms with Gasteiger partial charge in [-0.05, 0) is 25.9 Å². The lowest BCUT2D eigenvalue weighted by Crippen LogP contribution is -2.38. The van der Waals surface area contributed by atoms with Crippen LogP contribution in [0.15, 0.2) is 0 Å². The Morgan fingerprint density at radius 2 is 2.13 bits per heavy atom. The van der Waals surface area contributed by atoms with Crippen molar-refractivity contribution >= 4 is 18.5 Å². The van der Waals surface area contributed by atoms with Gasteiger partial charge in [0.25, 0.3) is 0 Å². The van der Waals surface area contributed by atoms with Gasteiger partial charge in [0.05, 0.1) is 6.61 Å². The maximum atomic E-state index is 11.4. The van der Waals surface area contributed by atoms with Gasteiger partial charge in [0.1, 0.15) is 6.10 Å². The van der Waals surface area contributed by atoms with Crippen LogP contribution in [0.1, 0.15) is 12.8 Å². The molecule has 1 aliphatic rings. The molecule has 2 N–H and O–H groups in total. The van der Waals surface area contributed by atoms with Crippen molar-refractivity contribution in [2.45, 2.75) is 18.9 Å². The predicted octanol–water partition coefficient (Wildman–Crippen LogP) is 0.221. The number of nitrogens with zero attached hydrogens (tertiary/aromatic N) is 1. The van der Waals surface area contributed by atoms with Gasteiger partial charge < -0.3 is 20.1 Å². The van der Waals surface area contributed by atoms with Gasteiger partial charge in [0, 0.05) is 13.6 Å². The molecule has 0 unspecified atom stereocenters. The molecule has 0 aromatic heterocycles. The molecule has 0 bridgehead atoms. The van der Waals surface area contributed by atoms with Crippen LogP contribution in [0.3, 0.4) is 0 Å². The summed E-state index contributed by atoms with van der Waals surface area (Å²) in [4.78, 5) is 12.8. The van der Waals surface area contributed by atoms with E-state index >= 15 is 0 Å². The zero-order chi connectivity index (χ0) is 10.4. The van der Waals surface area contributed by atoms with E-state index in [1.165, 1.54) is 4.90 Å². The highest BCUT2D eigenvalue weighted by atomic mass is 35.5. The van der Waals surface area contributed by atoms with Crippen LogP contribution in [-0.2, 0) is 4.74 Å². The fourth-order valence-electron chi connectivity index (χ4n) is 1.39. The molecular formula is C9H19ClN2O3. The highest BCUT2D eigenvalue weighted by molar-refractivity contribution is 5.85. The molecule has 1 saturated heterocycles. The highest BCUT2D eigenvalue weighted by Crippen LogP contribution is 2.08. The number of piperidine rings is 1. The van der Waals surface area contributed by atoms with Crippen LogP contribution >= 0.6 is 12.4 Å². The van der Waals surface area contributed by atoms with E-state index in [9.17, 15) is 4.79 Å². The maximum absolute atomic E-state index is 11.4. The summed E-state index contributed by atoms with van der Waals surface area (Å²) < 4.78 is 5.24. The molecule has 5 nitrogen and oxygen atoms in total. The van der Waals surface area contributed by atoms with E-state index in [2.05, 4.69) is 5.32 Å². The first-order chi connectivity index (χ1) is 6.74. The Morgan fingerprint density at radius 3 is 2.67 bits per heavy atom. The molecule has 1 rings (SSSR count). The Labute approximate surface area is 96.2 Å². The molecule has 0 aromatic rings. The fraction of sp³-hybridized carbons (Fsp3) is 0.889. The monoisotopic (exact) mass is 238 g/mol. The number of rotatable bonds is 3. The summed E-state index contributed by atoms with van der Waals surface area (Å²) in [5, 5.41) is 11.8.